The van der Waals surface area contributed by atoms with Crippen LogP contribution in [0.4, 0.5) is 0 Å². The van der Waals surface area contributed by atoms with E-state index in [0.29, 0.717) is 12.0 Å². The lowest BCUT2D eigenvalue weighted by atomic mass is 9.86. The lowest BCUT2D eigenvalue weighted by molar-refractivity contribution is 0.167. The van der Waals surface area contributed by atoms with Crippen molar-refractivity contribution in [2.75, 3.05) is 26.2 Å². The van der Waals surface area contributed by atoms with Crippen molar-refractivity contribution in [3.8, 4) is 0 Å². The maximum absolute atomic E-state index is 5.89. The number of nitrogens with zero attached hydrogens (tertiary/aromatic N) is 2. The third kappa shape index (κ3) is 5.01. The Bertz CT molecular complexity index is 280. The molecule has 1 aliphatic heterocycles. The van der Waals surface area contributed by atoms with Gasteiger partial charge in [-0.2, -0.15) is 0 Å². The zero-order valence-corrected chi connectivity index (χ0v) is 12.4. The van der Waals surface area contributed by atoms with Gasteiger partial charge in [-0.05, 0) is 58.0 Å². The molecule has 1 saturated heterocycles. The van der Waals surface area contributed by atoms with Crippen LogP contribution >= 0.6 is 0 Å². The van der Waals surface area contributed by atoms with E-state index >= 15 is 0 Å². The average molecular weight is 266 g/mol. The Morgan fingerprint density at radius 2 is 2.00 bits per heavy atom. The van der Waals surface area contributed by atoms with Crippen molar-refractivity contribution in [2.24, 2.45) is 16.6 Å². The summed E-state index contributed by atoms with van der Waals surface area (Å²) in [6.45, 7) is 6.73. The summed E-state index contributed by atoms with van der Waals surface area (Å²) in [6.07, 6.45) is 9.33. The van der Waals surface area contributed by atoms with Crippen molar-refractivity contribution in [3.05, 3.63) is 0 Å². The van der Waals surface area contributed by atoms with E-state index in [1.54, 1.807) is 0 Å². The molecule has 2 fully saturated rings. The zero-order valence-electron chi connectivity index (χ0n) is 12.4. The van der Waals surface area contributed by atoms with Gasteiger partial charge >= 0.3 is 0 Å². The quantitative estimate of drug-likeness (QED) is 0.571. The monoisotopic (exact) mass is 266 g/mol. The second-order valence-electron chi connectivity index (χ2n) is 6.18. The van der Waals surface area contributed by atoms with Gasteiger partial charge in [0.05, 0.1) is 0 Å². The highest BCUT2D eigenvalue weighted by Gasteiger charge is 2.17. The Morgan fingerprint density at radius 3 is 2.63 bits per heavy atom. The van der Waals surface area contributed by atoms with Gasteiger partial charge in [-0.15, -0.1) is 0 Å². The molecule has 3 N–H and O–H groups in total. The molecule has 1 aliphatic carbocycles. The maximum atomic E-state index is 5.89. The Hall–Kier alpha value is -0.770. The summed E-state index contributed by atoms with van der Waals surface area (Å²) in [5.41, 5.74) is 5.89. The van der Waals surface area contributed by atoms with Gasteiger partial charge in [0.2, 0.25) is 0 Å². The number of nitrogens with two attached hydrogens (primary N) is 1. The number of piperidine rings is 1. The van der Waals surface area contributed by atoms with E-state index in [-0.39, 0.29) is 0 Å². The van der Waals surface area contributed by atoms with Crippen LogP contribution in [0.25, 0.3) is 0 Å². The number of hydrogen-bond donors (Lipinski definition) is 2. The highest BCUT2D eigenvalue weighted by atomic mass is 15.2. The predicted octanol–water partition coefficient (Wildman–Crippen LogP) is 1.96. The fraction of sp³-hybridized carbons (Fsp3) is 0.933. The summed E-state index contributed by atoms with van der Waals surface area (Å²) in [7, 11) is 0. The molecule has 4 heteroatoms. The van der Waals surface area contributed by atoms with E-state index in [0.717, 1.165) is 25.4 Å². The van der Waals surface area contributed by atoms with Crippen LogP contribution in [0.2, 0.25) is 0 Å². The summed E-state index contributed by atoms with van der Waals surface area (Å²) in [5, 5.41) is 3.26. The van der Waals surface area contributed by atoms with Crippen LogP contribution in [-0.2, 0) is 0 Å². The fourth-order valence-electron chi connectivity index (χ4n) is 2.91. The molecule has 19 heavy (non-hydrogen) atoms. The van der Waals surface area contributed by atoms with E-state index < -0.39 is 0 Å². The Morgan fingerprint density at radius 1 is 1.26 bits per heavy atom. The van der Waals surface area contributed by atoms with Gasteiger partial charge in [0.25, 0.3) is 0 Å². The molecule has 0 aromatic rings. The Balaban J connectivity index is 1.56. The SMILES string of the molecule is CC(CCNC(N)=NCC1CCC1)N1CCCCC1. The molecular weight excluding hydrogens is 236 g/mol. The van der Waals surface area contributed by atoms with Crippen LogP contribution in [0.1, 0.15) is 51.9 Å². The molecule has 0 amide bonds. The van der Waals surface area contributed by atoms with Crippen LogP contribution in [0.5, 0.6) is 0 Å². The minimum absolute atomic E-state index is 0.637. The van der Waals surface area contributed by atoms with Crippen molar-refractivity contribution < 1.29 is 0 Å². The average Bonchev–Trinajstić information content (AvgIpc) is 2.38. The number of hydrogen-bond acceptors (Lipinski definition) is 2. The summed E-state index contributed by atoms with van der Waals surface area (Å²) < 4.78 is 0. The number of rotatable bonds is 6. The molecule has 0 radical (unpaired) electrons. The van der Waals surface area contributed by atoms with Crippen LogP contribution in [0.15, 0.2) is 4.99 Å². The van der Waals surface area contributed by atoms with Gasteiger partial charge in [0, 0.05) is 19.1 Å². The molecule has 0 bridgehead atoms. The first-order valence-electron chi connectivity index (χ1n) is 8.03. The van der Waals surface area contributed by atoms with Crippen molar-refractivity contribution >= 4 is 5.96 Å². The predicted molar refractivity (Wildman–Crippen MR) is 81.3 cm³/mol. The van der Waals surface area contributed by atoms with Gasteiger partial charge in [0.15, 0.2) is 5.96 Å². The molecule has 110 valence electrons. The molecular formula is C15H30N4. The first kappa shape index (κ1) is 14.6. The van der Waals surface area contributed by atoms with E-state index in [2.05, 4.69) is 22.1 Å². The second-order valence-corrected chi connectivity index (χ2v) is 6.18. The van der Waals surface area contributed by atoms with Gasteiger partial charge in [-0.1, -0.05) is 12.8 Å². The zero-order chi connectivity index (χ0) is 13.5. The molecule has 1 heterocycles. The van der Waals surface area contributed by atoms with Gasteiger partial charge in [-0.25, -0.2) is 0 Å². The first-order valence-corrected chi connectivity index (χ1v) is 8.03. The Kier molecular flexibility index (Phi) is 5.95. The standard InChI is InChI=1S/C15H30N4/c1-13(19-10-3-2-4-11-19)8-9-17-15(16)18-12-14-6-5-7-14/h13-14H,2-12H2,1H3,(H3,16,17,18). The fourth-order valence-corrected chi connectivity index (χ4v) is 2.91. The van der Waals surface area contributed by atoms with E-state index in [9.17, 15) is 0 Å². The topological polar surface area (TPSA) is 53.6 Å². The van der Waals surface area contributed by atoms with Gasteiger partial charge < -0.3 is 16.0 Å². The van der Waals surface area contributed by atoms with Crippen molar-refractivity contribution in [1.29, 1.82) is 0 Å². The lowest BCUT2D eigenvalue weighted by Gasteiger charge is -2.32. The summed E-state index contributed by atoms with van der Waals surface area (Å²) >= 11 is 0. The summed E-state index contributed by atoms with van der Waals surface area (Å²) in [5.74, 6) is 1.44. The van der Waals surface area contributed by atoms with Crippen molar-refractivity contribution in [2.45, 2.75) is 57.9 Å². The molecule has 0 aromatic carbocycles. The van der Waals surface area contributed by atoms with Crippen molar-refractivity contribution in [3.63, 3.8) is 0 Å². The number of guanidine groups is 1. The van der Waals surface area contributed by atoms with Crippen LogP contribution in [0.3, 0.4) is 0 Å². The largest absolute Gasteiger partial charge is 0.370 e. The van der Waals surface area contributed by atoms with Crippen LogP contribution in [0, 0.1) is 5.92 Å². The minimum Gasteiger partial charge on any atom is -0.370 e. The summed E-state index contributed by atoms with van der Waals surface area (Å²) in [6, 6.07) is 0.659. The van der Waals surface area contributed by atoms with Crippen LogP contribution in [-0.4, -0.2) is 43.1 Å². The molecule has 1 atom stereocenters. The third-order valence-corrected chi connectivity index (χ3v) is 4.63. The molecule has 2 rings (SSSR count). The molecule has 1 saturated carbocycles. The highest BCUT2D eigenvalue weighted by Crippen LogP contribution is 2.26. The minimum atomic E-state index is 0.637. The maximum Gasteiger partial charge on any atom is 0.188 e. The Labute approximate surface area is 117 Å². The normalized spacial score (nSPS) is 23.9. The third-order valence-electron chi connectivity index (χ3n) is 4.63. The first-order chi connectivity index (χ1) is 9.25. The van der Waals surface area contributed by atoms with E-state index in [1.165, 1.54) is 51.6 Å². The number of aliphatic imine (C=N–C) groups is 1. The second kappa shape index (κ2) is 7.73. The molecule has 0 spiro atoms. The summed E-state index contributed by atoms with van der Waals surface area (Å²) in [4.78, 5) is 7.03. The number of likely N-dealkylation sites (tertiary alicyclic amines) is 1. The number of nitrogens with one attached hydrogen (secondary N) is 1. The molecule has 1 unspecified atom stereocenters. The molecule has 4 nitrogen and oxygen atoms in total. The van der Waals surface area contributed by atoms with E-state index in [4.69, 9.17) is 5.73 Å². The highest BCUT2D eigenvalue weighted by molar-refractivity contribution is 5.77. The molecule has 2 aliphatic rings. The van der Waals surface area contributed by atoms with Crippen LogP contribution < -0.4 is 11.1 Å². The van der Waals surface area contributed by atoms with Crippen molar-refractivity contribution in [1.82, 2.24) is 10.2 Å². The van der Waals surface area contributed by atoms with Gasteiger partial charge in [0.1, 0.15) is 0 Å². The lowest BCUT2D eigenvalue weighted by Crippen LogP contribution is -2.40. The van der Waals surface area contributed by atoms with E-state index in [1.807, 2.05) is 0 Å². The molecule has 0 aromatic heterocycles. The smallest absolute Gasteiger partial charge is 0.188 e. The van der Waals surface area contributed by atoms with Gasteiger partial charge in [-0.3, -0.25) is 4.99 Å².